The summed E-state index contributed by atoms with van der Waals surface area (Å²) in [4.78, 5) is 44.7. The maximum atomic E-state index is 12.0. The van der Waals surface area contributed by atoms with Gasteiger partial charge in [0.05, 0.1) is 33.0 Å². The van der Waals surface area contributed by atoms with Gasteiger partial charge in [0, 0.05) is 39.3 Å². The monoisotopic (exact) mass is 514 g/mol. The van der Waals surface area contributed by atoms with Gasteiger partial charge in [0.1, 0.15) is 24.2 Å². The van der Waals surface area contributed by atoms with Crippen LogP contribution in [-0.2, 0) is 38.1 Å². The Labute approximate surface area is 209 Å². The summed E-state index contributed by atoms with van der Waals surface area (Å²) in [6.45, 7) is 4.05. The van der Waals surface area contributed by atoms with Gasteiger partial charge in [0.15, 0.2) is 6.10 Å². The van der Waals surface area contributed by atoms with Crippen molar-refractivity contribution < 1.29 is 52.3 Å². The molecule has 36 heavy (non-hydrogen) atoms. The fourth-order valence-electron chi connectivity index (χ4n) is 2.97. The number of primary amides is 1. The van der Waals surface area contributed by atoms with Gasteiger partial charge in [-0.2, -0.15) is 0 Å². The number of esters is 3. The summed E-state index contributed by atoms with van der Waals surface area (Å²) in [5, 5.41) is 0. The lowest BCUT2D eigenvalue weighted by atomic mass is 10.0. The van der Waals surface area contributed by atoms with E-state index >= 15 is 0 Å². The molecule has 0 bridgehead atoms. The lowest BCUT2D eigenvalue weighted by Gasteiger charge is -2.33. The quantitative estimate of drug-likeness (QED) is 0.234. The molecule has 0 aromatic heterocycles. The molecule has 202 valence electrons. The molecule has 0 aliphatic carbocycles. The smallest absolute Gasteiger partial charge is 0.335 e. The zero-order valence-electron chi connectivity index (χ0n) is 20.9. The van der Waals surface area contributed by atoms with Crippen LogP contribution < -0.4 is 20.9 Å². The Balaban J connectivity index is 0.00000118. The second kappa shape index (κ2) is 16.3. The molecule has 2 rings (SSSR count). The number of hydrogen-bond donors (Lipinski definition) is 2. The van der Waals surface area contributed by atoms with Crippen LogP contribution >= 0.6 is 0 Å². The van der Waals surface area contributed by atoms with Gasteiger partial charge in [-0.25, -0.2) is 4.79 Å². The average Bonchev–Trinajstić information content (AvgIpc) is 2.83. The van der Waals surface area contributed by atoms with Crippen LogP contribution in [0, 0.1) is 0 Å². The number of carbonyl (C=O) groups is 4. The molecule has 13 heteroatoms. The predicted octanol–water partition coefficient (Wildman–Crippen LogP) is 0.308. The van der Waals surface area contributed by atoms with Crippen LogP contribution in [0.2, 0.25) is 0 Å². The molecule has 1 aliphatic heterocycles. The van der Waals surface area contributed by atoms with Crippen LogP contribution in [0.25, 0.3) is 0 Å². The summed E-state index contributed by atoms with van der Waals surface area (Å²) in [7, 11) is 2.57. The number of benzene rings is 1. The standard InChI is InChI=1S/C20H28N2O9.C3H6O2/c1-12(23)29-14-10-17(20(25)26-2)31-18(11-14)30-16-9-13(3-4-15(16)19(22)24)28-8-7-27-6-5-21;1-3(4)5-2/h3-4,9,14,17-18H,5-8,10-11,21H2,1-2H3,(H2,22,24);1-2H3/t14-,17-,18+;/m0./s1. The van der Waals surface area contributed by atoms with Crippen LogP contribution in [-0.4, -0.2) is 82.9 Å². The highest BCUT2D eigenvalue weighted by Crippen LogP contribution is 2.30. The summed E-state index contributed by atoms with van der Waals surface area (Å²) in [5.74, 6) is -1.58. The van der Waals surface area contributed by atoms with Crippen molar-refractivity contribution in [3.8, 4) is 11.5 Å². The number of amides is 1. The molecule has 0 unspecified atom stereocenters. The molecule has 4 N–H and O–H groups in total. The first-order chi connectivity index (χ1) is 17.1. The Hall–Kier alpha value is -3.42. The molecule has 1 fully saturated rings. The molecular formula is C23H34N2O11. The van der Waals surface area contributed by atoms with Crippen LogP contribution in [0.5, 0.6) is 11.5 Å². The highest BCUT2D eigenvalue weighted by Gasteiger charge is 2.37. The zero-order chi connectivity index (χ0) is 27.1. The van der Waals surface area contributed by atoms with E-state index in [-0.39, 0.29) is 36.7 Å². The number of rotatable bonds is 11. The summed E-state index contributed by atoms with van der Waals surface area (Å²) < 4.78 is 36.4. The molecule has 1 aromatic carbocycles. The van der Waals surface area contributed by atoms with Crippen molar-refractivity contribution in [1.82, 2.24) is 0 Å². The van der Waals surface area contributed by atoms with Gasteiger partial charge in [-0.15, -0.1) is 0 Å². The van der Waals surface area contributed by atoms with E-state index in [1.54, 1.807) is 6.07 Å². The van der Waals surface area contributed by atoms with Crippen LogP contribution in [0.1, 0.15) is 37.0 Å². The lowest BCUT2D eigenvalue weighted by Crippen LogP contribution is -2.44. The number of nitrogens with two attached hydrogens (primary N) is 2. The largest absolute Gasteiger partial charge is 0.491 e. The molecule has 3 atom stereocenters. The Morgan fingerprint density at radius 2 is 1.69 bits per heavy atom. The molecule has 0 spiro atoms. The molecule has 1 amide bonds. The van der Waals surface area contributed by atoms with Gasteiger partial charge < -0.3 is 44.6 Å². The highest BCUT2D eigenvalue weighted by atomic mass is 16.7. The summed E-state index contributed by atoms with van der Waals surface area (Å²) in [6, 6.07) is 4.50. The third kappa shape index (κ3) is 11.3. The first kappa shape index (κ1) is 30.6. The van der Waals surface area contributed by atoms with E-state index in [2.05, 4.69) is 4.74 Å². The van der Waals surface area contributed by atoms with Gasteiger partial charge in [-0.05, 0) is 12.1 Å². The van der Waals surface area contributed by atoms with Crippen LogP contribution in [0.3, 0.4) is 0 Å². The number of ether oxygens (including phenoxy) is 7. The van der Waals surface area contributed by atoms with Crippen molar-refractivity contribution in [2.24, 2.45) is 11.5 Å². The minimum atomic E-state index is -0.997. The molecule has 13 nitrogen and oxygen atoms in total. The van der Waals surface area contributed by atoms with Gasteiger partial charge in [0.25, 0.3) is 5.91 Å². The van der Waals surface area contributed by atoms with Crippen molar-refractivity contribution in [3.05, 3.63) is 23.8 Å². The molecule has 0 radical (unpaired) electrons. The van der Waals surface area contributed by atoms with Crippen LogP contribution in [0.4, 0.5) is 0 Å². The molecule has 1 aliphatic rings. The molecule has 1 aromatic rings. The normalized spacial score (nSPS) is 18.6. The SMILES string of the molecule is COC(=O)[C@@H]1C[C@H](OC(C)=O)C[C@H](Oc2cc(OCCOCCN)ccc2C(N)=O)O1.COC(C)=O. The number of carbonyl (C=O) groups excluding carboxylic acids is 4. The Morgan fingerprint density at radius 3 is 2.25 bits per heavy atom. The predicted molar refractivity (Wildman–Crippen MR) is 124 cm³/mol. The Bertz CT molecular complexity index is 878. The topological polar surface area (TPSA) is 185 Å². The average molecular weight is 515 g/mol. The fourth-order valence-corrected chi connectivity index (χ4v) is 2.97. The Kier molecular flexibility index (Phi) is 13.8. The number of methoxy groups -OCH3 is 2. The van der Waals surface area contributed by atoms with Crippen molar-refractivity contribution >= 4 is 23.8 Å². The van der Waals surface area contributed by atoms with E-state index < -0.39 is 36.3 Å². The maximum absolute atomic E-state index is 12.0. The number of hydrogen-bond acceptors (Lipinski definition) is 12. The van der Waals surface area contributed by atoms with Gasteiger partial charge >= 0.3 is 17.9 Å². The van der Waals surface area contributed by atoms with Crippen LogP contribution in [0.15, 0.2) is 18.2 Å². The lowest BCUT2D eigenvalue weighted by molar-refractivity contribution is -0.204. The van der Waals surface area contributed by atoms with Gasteiger partial charge in [0.2, 0.25) is 6.29 Å². The van der Waals surface area contributed by atoms with E-state index in [1.807, 2.05) is 0 Å². The summed E-state index contributed by atoms with van der Waals surface area (Å²) in [6.07, 6.45) is -2.35. The molecule has 1 saturated heterocycles. The fraction of sp³-hybridized carbons (Fsp3) is 0.565. The van der Waals surface area contributed by atoms with E-state index in [0.29, 0.717) is 25.5 Å². The van der Waals surface area contributed by atoms with E-state index in [1.165, 1.54) is 40.2 Å². The Morgan fingerprint density at radius 1 is 1.00 bits per heavy atom. The third-order valence-electron chi connectivity index (χ3n) is 4.57. The molecule has 0 saturated carbocycles. The van der Waals surface area contributed by atoms with Crippen molar-refractivity contribution in [1.29, 1.82) is 0 Å². The second-order valence-corrected chi connectivity index (χ2v) is 7.37. The van der Waals surface area contributed by atoms with E-state index in [4.69, 9.17) is 39.9 Å². The summed E-state index contributed by atoms with van der Waals surface area (Å²) in [5.41, 5.74) is 10.9. The van der Waals surface area contributed by atoms with Gasteiger partial charge in [-0.3, -0.25) is 14.4 Å². The van der Waals surface area contributed by atoms with Gasteiger partial charge in [-0.1, -0.05) is 0 Å². The third-order valence-corrected chi connectivity index (χ3v) is 4.57. The first-order valence-electron chi connectivity index (χ1n) is 11.1. The van der Waals surface area contributed by atoms with Crippen molar-refractivity contribution in [3.63, 3.8) is 0 Å². The highest BCUT2D eigenvalue weighted by molar-refractivity contribution is 5.95. The first-order valence-corrected chi connectivity index (χ1v) is 11.1. The van der Waals surface area contributed by atoms with Crippen molar-refractivity contribution in [2.45, 2.75) is 45.2 Å². The van der Waals surface area contributed by atoms with E-state index in [9.17, 15) is 19.2 Å². The second-order valence-electron chi connectivity index (χ2n) is 7.37. The zero-order valence-corrected chi connectivity index (χ0v) is 20.9. The molecule has 1 heterocycles. The van der Waals surface area contributed by atoms with E-state index in [0.717, 1.165) is 0 Å². The maximum Gasteiger partial charge on any atom is 0.335 e. The molecular weight excluding hydrogens is 480 g/mol. The van der Waals surface area contributed by atoms with Crippen molar-refractivity contribution in [2.75, 3.05) is 40.6 Å². The minimum Gasteiger partial charge on any atom is -0.491 e. The summed E-state index contributed by atoms with van der Waals surface area (Å²) >= 11 is 0. The minimum absolute atomic E-state index is 0.0968.